The molecule has 19 heavy (non-hydrogen) atoms. The number of nitrogens with zero attached hydrogens (tertiary/aromatic N) is 3. The Morgan fingerprint density at radius 3 is 2.42 bits per heavy atom. The van der Waals surface area contributed by atoms with Gasteiger partial charge in [0.1, 0.15) is 5.82 Å². The summed E-state index contributed by atoms with van der Waals surface area (Å²) < 4.78 is 3.87. The summed E-state index contributed by atoms with van der Waals surface area (Å²) in [6.07, 6.45) is 2.13. The number of fused-ring (bicyclic) bond motifs is 1. The van der Waals surface area contributed by atoms with E-state index < -0.39 is 0 Å². The van der Waals surface area contributed by atoms with Crippen LogP contribution in [0.5, 0.6) is 0 Å². The van der Waals surface area contributed by atoms with Crippen molar-refractivity contribution in [3.05, 3.63) is 35.5 Å². The minimum absolute atomic E-state index is 0.678. The molecule has 1 aromatic carbocycles. The molecule has 0 unspecified atom stereocenters. The highest BCUT2D eigenvalue weighted by Crippen LogP contribution is 2.34. The number of aromatic nitrogens is 3. The SMILES string of the molecule is Cc1ccc(C)c2c1c(-c1cc(N)n(C)n1)cn2C. The Hall–Kier alpha value is -2.23. The predicted octanol–water partition coefficient (Wildman–Crippen LogP) is 2.78. The Labute approximate surface area is 112 Å². The van der Waals surface area contributed by atoms with E-state index in [1.807, 2.05) is 13.1 Å². The van der Waals surface area contributed by atoms with Gasteiger partial charge in [0.2, 0.25) is 0 Å². The number of anilines is 1. The van der Waals surface area contributed by atoms with Gasteiger partial charge in [-0.1, -0.05) is 12.1 Å². The first-order valence-corrected chi connectivity index (χ1v) is 6.34. The van der Waals surface area contributed by atoms with Crippen LogP contribution in [0.4, 0.5) is 5.82 Å². The van der Waals surface area contributed by atoms with Crippen molar-refractivity contribution < 1.29 is 0 Å². The molecule has 2 heterocycles. The molecule has 0 atom stereocenters. The summed E-state index contributed by atoms with van der Waals surface area (Å²) in [4.78, 5) is 0. The second-order valence-electron chi connectivity index (χ2n) is 5.15. The Bertz CT molecular complexity index is 758. The number of hydrogen-bond acceptors (Lipinski definition) is 2. The molecular weight excluding hydrogens is 236 g/mol. The van der Waals surface area contributed by atoms with Crippen LogP contribution in [-0.4, -0.2) is 14.3 Å². The van der Waals surface area contributed by atoms with E-state index in [0.29, 0.717) is 5.82 Å². The molecule has 3 aromatic rings. The van der Waals surface area contributed by atoms with Gasteiger partial charge in [-0.2, -0.15) is 5.10 Å². The Morgan fingerprint density at radius 2 is 1.79 bits per heavy atom. The van der Waals surface area contributed by atoms with E-state index in [0.717, 1.165) is 11.3 Å². The van der Waals surface area contributed by atoms with Gasteiger partial charge in [-0.25, -0.2) is 0 Å². The van der Waals surface area contributed by atoms with Crippen LogP contribution in [0, 0.1) is 13.8 Å². The molecule has 0 saturated heterocycles. The predicted molar refractivity (Wildman–Crippen MR) is 79.0 cm³/mol. The van der Waals surface area contributed by atoms with Gasteiger partial charge in [0.15, 0.2) is 0 Å². The zero-order chi connectivity index (χ0) is 13.7. The fraction of sp³-hybridized carbons (Fsp3) is 0.267. The van der Waals surface area contributed by atoms with Crippen LogP contribution in [0.2, 0.25) is 0 Å². The van der Waals surface area contributed by atoms with Gasteiger partial charge in [0.05, 0.1) is 11.2 Å². The molecule has 0 aliphatic rings. The van der Waals surface area contributed by atoms with Crippen molar-refractivity contribution in [3.63, 3.8) is 0 Å². The monoisotopic (exact) mass is 254 g/mol. The number of benzene rings is 1. The summed E-state index contributed by atoms with van der Waals surface area (Å²) in [7, 11) is 3.94. The molecule has 4 nitrogen and oxygen atoms in total. The van der Waals surface area contributed by atoms with Crippen molar-refractivity contribution >= 4 is 16.7 Å². The Morgan fingerprint density at radius 1 is 1.11 bits per heavy atom. The average molecular weight is 254 g/mol. The van der Waals surface area contributed by atoms with Crippen LogP contribution in [0.3, 0.4) is 0 Å². The first kappa shape index (κ1) is 11.8. The minimum atomic E-state index is 0.678. The summed E-state index contributed by atoms with van der Waals surface area (Å²) in [6, 6.07) is 6.25. The van der Waals surface area contributed by atoms with Crippen LogP contribution in [0.1, 0.15) is 11.1 Å². The highest BCUT2D eigenvalue weighted by atomic mass is 15.3. The van der Waals surface area contributed by atoms with Crippen molar-refractivity contribution in [2.75, 3.05) is 5.73 Å². The summed E-state index contributed by atoms with van der Waals surface area (Å²) in [5, 5.41) is 5.76. The summed E-state index contributed by atoms with van der Waals surface area (Å²) in [5.41, 5.74) is 11.8. The first-order chi connectivity index (χ1) is 8.99. The zero-order valence-corrected chi connectivity index (χ0v) is 11.7. The molecule has 0 aliphatic carbocycles. The van der Waals surface area contributed by atoms with Crippen molar-refractivity contribution in [1.82, 2.24) is 14.3 Å². The maximum atomic E-state index is 5.89. The number of rotatable bonds is 1. The zero-order valence-electron chi connectivity index (χ0n) is 11.7. The van der Waals surface area contributed by atoms with Crippen molar-refractivity contribution in [2.24, 2.45) is 14.1 Å². The lowest BCUT2D eigenvalue weighted by atomic mass is 10.0. The van der Waals surface area contributed by atoms with Crippen LogP contribution in [0.15, 0.2) is 24.4 Å². The van der Waals surface area contributed by atoms with E-state index in [9.17, 15) is 0 Å². The van der Waals surface area contributed by atoms with Gasteiger partial charge in [-0.3, -0.25) is 4.68 Å². The summed E-state index contributed by atoms with van der Waals surface area (Å²) >= 11 is 0. The fourth-order valence-electron chi connectivity index (χ4n) is 2.72. The Balaban J connectivity index is 2.39. The van der Waals surface area contributed by atoms with Crippen LogP contribution in [-0.2, 0) is 14.1 Å². The van der Waals surface area contributed by atoms with Crippen LogP contribution < -0.4 is 5.73 Å². The average Bonchev–Trinajstić information content (AvgIpc) is 2.87. The number of nitrogens with two attached hydrogens (primary N) is 1. The second kappa shape index (κ2) is 3.88. The first-order valence-electron chi connectivity index (χ1n) is 6.34. The smallest absolute Gasteiger partial charge is 0.121 e. The molecule has 0 bridgehead atoms. The summed E-state index contributed by atoms with van der Waals surface area (Å²) in [6.45, 7) is 4.27. The second-order valence-corrected chi connectivity index (χ2v) is 5.15. The van der Waals surface area contributed by atoms with Gasteiger partial charge in [-0.05, 0) is 25.0 Å². The van der Waals surface area contributed by atoms with Gasteiger partial charge in [-0.15, -0.1) is 0 Å². The fourth-order valence-corrected chi connectivity index (χ4v) is 2.72. The molecular formula is C15H18N4. The molecule has 0 spiro atoms. The highest BCUT2D eigenvalue weighted by Gasteiger charge is 2.15. The molecule has 2 N–H and O–H groups in total. The van der Waals surface area contributed by atoms with Gasteiger partial charge < -0.3 is 10.3 Å². The third kappa shape index (κ3) is 1.63. The molecule has 2 aromatic heterocycles. The van der Waals surface area contributed by atoms with Crippen LogP contribution in [0.25, 0.3) is 22.2 Å². The topological polar surface area (TPSA) is 48.8 Å². The molecule has 0 fully saturated rings. The van der Waals surface area contributed by atoms with Crippen molar-refractivity contribution in [1.29, 1.82) is 0 Å². The lowest BCUT2D eigenvalue weighted by molar-refractivity contribution is 0.782. The molecule has 0 radical (unpaired) electrons. The van der Waals surface area contributed by atoms with E-state index in [1.54, 1.807) is 4.68 Å². The number of nitrogen functional groups attached to an aromatic ring is 1. The van der Waals surface area contributed by atoms with E-state index >= 15 is 0 Å². The summed E-state index contributed by atoms with van der Waals surface area (Å²) in [5.74, 6) is 0.678. The van der Waals surface area contributed by atoms with Crippen molar-refractivity contribution in [2.45, 2.75) is 13.8 Å². The number of aryl methyl sites for hydroxylation is 4. The Kier molecular flexibility index (Phi) is 2.42. The third-order valence-electron chi connectivity index (χ3n) is 3.72. The molecule has 0 saturated carbocycles. The third-order valence-corrected chi connectivity index (χ3v) is 3.72. The van der Waals surface area contributed by atoms with E-state index in [2.05, 4.69) is 48.9 Å². The standard InChI is InChI=1S/C15H18N4/c1-9-5-6-10(2)15-14(9)11(8-18(15)3)12-7-13(16)19(4)17-12/h5-8H,16H2,1-4H3. The minimum Gasteiger partial charge on any atom is -0.384 e. The normalized spacial score (nSPS) is 11.4. The van der Waals surface area contributed by atoms with Gasteiger partial charge in [0.25, 0.3) is 0 Å². The largest absolute Gasteiger partial charge is 0.384 e. The molecule has 98 valence electrons. The molecule has 0 aliphatic heterocycles. The maximum Gasteiger partial charge on any atom is 0.121 e. The van der Waals surface area contributed by atoms with E-state index in [1.165, 1.54) is 22.0 Å². The van der Waals surface area contributed by atoms with Gasteiger partial charge >= 0.3 is 0 Å². The van der Waals surface area contributed by atoms with Crippen molar-refractivity contribution in [3.8, 4) is 11.3 Å². The maximum absolute atomic E-state index is 5.89. The lowest BCUT2D eigenvalue weighted by Gasteiger charge is -2.04. The highest BCUT2D eigenvalue weighted by molar-refractivity contribution is 5.99. The van der Waals surface area contributed by atoms with E-state index in [4.69, 9.17) is 5.73 Å². The quantitative estimate of drug-likeness (QED) is 0.726. The molecule has 0 amide bonds. The van der Waals surface area contributed by atoms with Crippen LogP contribution >= 0.6 is 0 Å². The molecule has 4 heteroatoms. The number of hydrogen-bond donors (Lipinski definition) is 1. The van der Waals surface area contributed by atoms with E-state index in [-0.39, 0.29) is 0 Å². The molecule has 3 rings (SSSR count). The van der Waals surface area contributed by atoms with Gasteiger partial charge in [0, 0.05) is 37.3 Å². The lowest BCUT2D eigenvalue weighted by Crippen LogP contribution is -1.96.